The average Bonchev–Trinajstić information content (AvgIpc) is 2.83. The third kappa shape index (κ3) is 5.44. The van der Waals surface area contributed by atoms with Crippen LogP contribution in [0.5, 0.6) is 5.75 Å². The predicted molar refractivity (Wildman–Crippen MR) is 154 cm³/mol. The lowest BCUT2D eigenvalue weighted by Gasteiger charge is -2.49. The molecule has 0 amide bonds. The van der Waals surface area contributed by atoms with Gasteiger partial charge in [0.25, 0.3) is 0 Å². The number of nitrogens with zero attached hydrogens (tertiary/aromatic N) is 1. The van der Waals surface area contributed by atoms with E-state index in [4.69, 9.17) is 33.0 Å². The molecular formula is C32H33Cl2NO5. The van der Waals surface area contributed by atoms with Crippen molar-refractivity contribution in [2.45, 2.75) is 65.8 Å². The largest absolute Gasteiger partial charge is 0.479 e. The number of carboxylic acid groups (broad SMARTS) is 1. The molecule has 8 heteroatoms. The van der Waals surface area contributed by atoms with E-state index in [2.05, 4.69) is 44.7 Å². The number of Topliss-reactive ketones (excluding diaryl/α,β-unsaturated/α-hetero) is 2. The number of allylic oxidation sites excluding steroid dienone is 4. The first-order valence-electron chi connectivity index (χ1n) is 13.4. The van der Waals surface area contributed by atoms with E-state index in [1.54, 1.807) is 12.1 Å². The zero-order chi connectivity index (χ0) is 29.0. The molecule has 1 N–H and O–H groups in total. The fourth-order valence-corrected chi connectivity index (χ4v) is 6.97. The minimum atomic E-state index is -1.16. The molecule has 0 saturated heterocycles. The highest BCUT2D eigenvalue weighted by atomic mass is 35.5. The minimum Gasteiger partial charge on any atom is -0.479 e. The van der Waals surface area contributed by atoms with Crippen LogP contribution in [0.2, 0.25) is 10.0 Å². The Morgan fingerprint density at radius 2 is 1.40 bits per heavy atom. The SMILES string of the molecule is CC1(C)CC(=O)C2=C(C1)N(Cc1ccccc1)C1=C(C(=O)CC(C)(C)C1)C2c1cc(Cl)c(OCC(=O)O)c(Cl)c1. The van der Waals surface area contributed by atoms with Crippen LogP contribution < -0.4 is 4.74 Å². The van der Waals surface area contributed by atoms with E-state index >= 15 is 0 Å². The van der Waals surface area contributed by atoms with E-state index in [-0.39, 0.29) is 38.2 Å². The summed E-state index contributed by atoms with van der Waals surface area (Å²) in [4.78, 5) is 41.2. The van der Waals surface area contributed by atoms with Crippen molar-refractivity contribution < 1.29 is 24.2 Å². The van der Waals surface area contributed by atoms with Crippen molar-refractivity contribution in [3.8, 4) is 5.75 Å². The number of hydrogen-bond acceptors (Lipinski definition) is 5. The summed E-state index contributed by atoms with van der Waals surface area (Å²) in [5, 5.41) is 9.31. The Bertz CT molecular complexity index is 1390. The molecule has 2 aromatic rings. The van der Waals surface area contributed by atoms with Gasteiger partial charge in [-0.25, -0.2) is 4.79 Å². The highest BCUT2D eigenvalue weighted by molar-refractivity contribution is 6.37. The normalized spacial score (nSPS) is 20.4. The maximum atomic E-state index is 14.0. The van der Waals surface area contributed by atoms with Crippen molar-refractivity contribution in [1.29, 1.82) is 0 Å². The molecule has 1 aliphatic heterocycles. The van der Waals surface area contributed by atoms with Crippen LogP contribution in [-0.2, 0) is 20.9 Å². The summed E-state index contributed by atoms with van der Waals surface area (Å²) in [6, 6.07) is 13.4. The lowest BCUT2D eigenvalue weighted by Crippen LogP contribution is -2.44. The Balaban J connectivity index is 1.73. The molecule has 2 aromatic carbocycles. The molecule has 0 unspecified atom stereocenters. The smallest absolute Gasteiger partial charge is 0.341 e. The van der Waals surface area contributed by atoms with Crippen LogP contribution in [0.4, 0.5) is 0 Å². The van der Waals surface area contributed by atoms with Crippen LogP contribution >= 0.6 is 23.2 Å². The van der Waals surface area contributed by atoms with Gasteiger partial charge in [0.1, 0.15) is 0 Å². The third-order valence-electron chi connectivity index (χ3n) is 7.90. The molecule has 210 valence electrons. The van der Waals surface area contributed by atoms with Crippen molar-refractivity contribution in [2.75, 3.05) is 6.61 Å². The molecule has 0 radical (unpaired) electrons. The molecule has 0 atom stereocenters. The summed E-state index contributed by atoms with van der Waals surface area (Å²) in [7, 11) is 0. The van der Waals surface area contributed by atoms with E-state index in [0.717, 1.165) is 17.0 Å². The molecule has 0 saturated carbocycles. The molecule has 2 aliphatic carbocycles. The molecule has 6 nitrogen and oxygen atoms in total. The number of carbonyl (C=O) groups is 3. The van der Waals surface area contributed by atoms with Gasteiger partial charge in [-0.2, -0.15) is 0 Å². The van der Waals surface area contributed by atoms with Crippen LogP contribution in [0.3, 0.4) is 0 Å². The molecule has 0 bridgehead atoms. The number of ketones is 2. The molecule has 0 aromatic heterocycles. The minimum absolute atomic E-state index is 0.0111. The summed E-state index contributed by atoms with van der Waals surface area (Å²) in [6.07, 6.45) is 2.10. The second-order valence-corrected chi connectivity index (χ2v) is 13.4. The summed E-state index contributed by atoms with van der Waals surface area (Å²) < 4.78 is 5.34. The van der Waals surface area contributed by atoms with E-state index in [0.29, 0.717) is 48.9 Å². The molecule has 0 spiro atoms. The zero-order valence-electron chi connectivity index (χ0n) is 23.1. The first-order chi connectivity index (χ1) is 18.8. The maximum Gasteiger partial charge on any atom is 0.341 e. The summed E-state index contributed by atoms with van der Waals surface area (Å²) >= 11 is 13.1. The lowest BCUT2D eigenvalue weighted by atomic mass is 9.63. The number of ether oxygens (including phenoxy) is 1. The van der Waals surface area contributed by atoms with Gasteiger partial charge < -0.3 is 14.7 Å². The molecule has 1 heterocycles. The van der Waals surface area contributed by atoms with Gasteiger partial charge in [0.05, 0.1) is 10.0 Å². The summed E-state index contributed by atoms with van der Waals surface area (Å²) in [5.41, 5.74) is 4.35. The van der Waals surface area contributed by atoms with Gasteiger partial charge in [0.15, 0.2) is 23.9 Å². The highest BCUT2D eigenvalue weighted by Crippen LogP contribution is 2.55. The molecular weight excluding hydrogens is 549 g/mol. The van der Waals surface area contributed by atoms with Gasteiger partial charge in [-0.05, 0) is 46.9 Å². The number of rotatable bonds is 6. The van der Waals surface area contributed by atoms with E-state index in [1.165, 1.54) is 0 Å². The van der Waals surface area contributed by atoms with Crippen LogP contribution in [0.1, 0.15) is 70.4 Å². The van der Waals surface area contributed by atoms with E-state index in [9.17, 15) is 14.4 Å². The quantitative estimate of drug-likeness (QED) is 0.384. The fraction of sp³-hybridized carbons (Fsp3) is 0.406. The topological polar surface area (TPSA) is 83.9 Å². The van der Waals surface area contributed by atoms with Crippen molar-refractivity contribution in [3.63, 3.8) is 0 Å². The number of hydrogen-bond donors (Lipinski definition) is 1. The number of benzene rings is 2. The van der Waals surface area contributed by atoms with Gasteiger partial charge in [0.2, 0.25) is 0 Å². The third-order valence-corrected chi connectivity index (χ3v) is 8.46. The molecule has 40 heavy (non-hydrogen) atoms. The predicted octanol–water partition coefficient (Wildman–Crippen LogP) is 7.34. The number of aliphatic carboxylic acids is 1. The van der Waals surface area contributed by atoms with E-state index < -0.39 is 18.5 Å². The Morgan fingerprint density at radius 3 is 1.88 bits per heavy atom. The number of carboxylic acids is 1. The summed E-state index contributed by atoms with van der Waals surface area (Å²) in [5.74, 6) is -1.69. The van der Waals surface area contributed by atoms with Crippen molar-refractivity contribution >= 4 is 40.7 Å². The maximum absolute atomic E-state index is 14.0. The van der Waals surface area contributed by atoms with E-state index in [1.807, 2.05) is 18.2 Å². The van der Waals surface area contributed by atoms with Crippen LogP contribution in [-0.4, -0.2) is 34.1 Å². The number of halogens is 2. The first-order valence-corrected chi connectivity index (χ1v) is 14.2. The summed E-state index contributed by atoms with van der Waals surface area (Å²) in [6.45, 7) is 8.38. The van der Waals surface area contributed by atoms with Crippen molar-refractivity contribution in [1.82, 2.24) is 4.90 Å². The molecule has 0 fully saturated rings. The average molecular weight is 583 g/mol. The van der Waals surface area contributed by atoms with Crippen LogP contribution in [0, 0.1) is 10.8 Å². The van der Waals surface area contributed by atoms with Crippen molar-refractivity contribution in [2.24, 2.45) is 10.8 Å². The second-order valence-electron chi connectivity index (χ2n) is 12.6. The Labute approximate surface area is 244 Å². The van der Waals surface area contributed by atoms with Crippen LogP contribution in [0.15, 0.2) is 65.0 Å². The monoisotopic (exact) mass is 581 g/mol. The van der Waals surface area contributed by atoms with Crippen molar-refractivity contribution in [3.05, 3.63) is 86.2 Å². The standard InChI is InChI=1S/C32H33Cl2NO5/c1-31(2)12-22-28(24(36)14-31)27(19-10-20(33)30(21(34)11-19)40-17-26(38)39)29-23(13-32(3,4)15-25(29)37)35(22)16-18-8-6-5-7-9-18/h5-11,27H,12-17H2,1-4H3,(H,38,39). The Kier molecular flexibility index (Phi) is 7.38. The zero-order valence-corrected chi connectivity index (χ0v) is 24.7. The van der Waals surface area contributed by atoms with Gasteiger partial charge in [-0.15, -0.1) is 0 Å². The Morgan fingerprint density at radius 1 is 0.900 bits per heavy atom. The molecule has 3 aliphatic rings. The van der Waals surface area contributed by atoms with Gasteiger partial charge in [-0.1, -0.05) is 81.2 Å². The van der Waals surface area contributed by atoms with Gasteiger partial charge in [-0.3, -0.25) is 9.59 Å². The lowest BCUT2D eigenvalue weighted by molar-refractivity contribution is -0.139. The fourth-order valence-electron chi connectivity index (χ4n) is 6.36. The second kappa shape index (κ2) is 10.4. The first kappa shape index (κ1) is 28.4. The van der Waals surface area contributed by atoms with Crippen LogP contribution in [0.25, 0.3) is 0 Å². The van der Waals surface area contributed by atoms with Gasteiger partial charge >= 0.3 is 5.97 Å². The number of carbonyl (C=O) groups excluding carboxylic acids is 2. The highest BCUT2D eigenvalue weighted by Gasteiger charge is 2.49. The Hall–Kier alpha value is -3.09. The van der Waals surface area contributed by atoms with Gasteiger partial charge in [0, 0.05) is 47.8 Å². The molecule has 5 rings (SSSR count).